The molecular formula is C6H11NO2. The summed E-state index contributed by atoms with van der Waals surface area (Å²) >= 11 is 0. The normalized spacial score (nSPS) is 21.6. The molecule has 1 aliphatic carbocycles. The van der Waals surface area contributed by atoms with Gasteiger partial charge in [-0.25, -0.2) is 0 Å². The Morgan fingerprint density at radius 3 is 2.67 bits per heavy atom. The number of hydrogen-bond donors (Lipinski definition) is 1. The quantitative estimate of drug-likeness (QED) is 0.380. The van der Waals surface area contributed by atoms with Gasteiger partial charge in [-0.2, -0.15) is 0 Å². The summed E-state index contributed by atoms with van der Waals surface area (Å²) in [5, 5.41) is 11.3. The van der Waals surface area contributed by atoms with Gasteiger partial charge in [-0.05, 0) is 25.3 Å². The van der Waals surface area contributed by atoms with Crippen LogP contribution in [0.4, 0.5) is 0 Å². The molecule has 0 bridgehead atoms. The molecule has 0 spiro atoms. The van der Waals surface area contributed by atoms with Crippen molar-refractivity contribution < 1.29 is 10.7 Å². The van der Waals surface area contributed by atoms with Crippen LogP contribution in [0.5, 0.6) is 0 Å². The predicted octanol–water partition coefficient (Wildman–Crippen LogP) is 0.732. The lowest BCUT2D eigenvalue weighted by molar-refractivity contribution is 0.318. The molecule has 1 rings (SSSR count). The molecule has 0 aromatic rings. The van der Waals surface area contributed by atoms with E-state index in [1.165, 1.54) is 0 Å². The van der Waals surface area contributed by atoms with Crippen LogP contribution in [0.25, 0.3) is 0 Å². The van der Waals surface area contributed by atoms with Crippen molar-refractivity contribution in [2.45, 2.75) is 19.3 Å². The highest BCUT2D eigenvalue weighted by Gasteiger charge is 1.98. The van der Waals surface area contributed by atoms with Crippen molar-refractivity contribution in [1.82, 2.24) is 0 Å². The molecule has 0 aliphatic heterocycles. The van der Waals surface area contributed by atoms with E-state index in [2.05, 4.69) is 5.16 Å². The number of nitrogens with zero attached hydrogens (tertiary/aromatic N) is 1. The first-order chi connectivity index (χ1) is 3.93. The maximum atomic E-state index is 8.23. The largest absolute Gasteiger partial charge is 0.412 e. The number of rotatable bonds is 0. The summed E-state index contributed by atoms with van der Waals surface area (Å²) in [6, 6.07) is 0. The highest BCUT2D eigenvalue weighted by atomic mass is 16.4. The van der Waals surface area contributed by atoms with Crippen molar-refractivity contribution >= 4 is 5.71 Å². The Morgan fingerprint density at radius 2 is 2.33 bits per heavy atom. The Balaban J connectivity index is 0.000000640. The van der Waals surface area contributed by atoms with Gasteiger partial charge >= 0.3 is 0 Å². The van der Waals surface area contributed by atoms with Crippen LogP contribution in [-0.2, 0) is 0 Å². The highest BCUT2D eigenvalue weighted by molar-refractivity contribution is 5.94. The van der Waals surface area contributed by atoms with E-state index in [1.807, 2.05) is 12.2 Å². The lowest BCUT2D eigenvalue weighted by Gasteiger charge is -2.01. The van der Waals surface area contributed by atoms with Crippen LogP contribution in [0, 0.1) is 0 Å². The molecule has 0 heterocycles. The summed E-state index contributed by atoms with van der Waals surface area (Å²) in [4.78, 5) is 0. The predicted molar refractivity (Wildman–Crippen MR) is 35.8 cm³/mol. The molecular weight excluding hydrogens is 118 g/mol. The van der Waals surface area contributed by atoms with E-state index in [9.17, 15) is 0 Å². The van der Waals surface area contributed by atoms with Gasteiger partial charge in [0.05, 0.1) is 5.71 Å². The summed E-state index contributed by atoms with van der Waals surface area (Å²) in [5.41, 5.74) is 0.802. The van der Waals surface area contributed by atoms with E-state index >= 15 is 0 Å². The fraction of sp³-hybridized carbons (Fsp3) is 0.500. The fourth-order valence-electron chi connectivity index (χ4n) is 0.787. The van der Waals surface area contributed by atoms with Crippen molar-refractivity contribution in [1.29, 1.82) is 0 Å². The van der Waals surface area contributed by atoms with Gasteiger partial charge in [0.25, 0.3) is 0 Å². The van der Waals surface area contributed by atoms with E-state index < -0.39 is 0 Å². The van der Waals surface area contributed by atoms with Gasteiger partial charge in [-0.15, -0.1) is 0 Å². The van der Waals surface area contributed by atoms with Crippen molar-refractivity contribution in [2.75, 3.05) is 0 Å². The van der Waals surface area contributed by atoms with Gasteiger partial charge in [-0.1, -0.05) is 11.2 Å². The first-order valence-electron chi connectivity index (χ1n) is 2.81. The van der Waals surface area contributed by atoms with Crippen LogP contribution in [0.15, 0.2) is 17.3 Å². The zero-order valence-corrected chi connectivity index (χ0v) is 5.17. The van der Waals surface area contributed by atoms with Crippen LogP contribution in [0.2, 0.25) is 0 Å². The Bertz CT molecular complexity index is 129. The van der Waals surface area contributed by atoms with Gasteiger partial charge < -0.3 is 10.7 Å². The molecule has 0 unspecified atom stereocenters. The molecule has 0 saturated heterocycles. The first kappa shape index (κ1) is 8.17. The molecule has 0 saturated carbocycles. The average molecular weight is 129 g/mol. The first-order valence-corrected chi connectivity index (χ1v) is 2.81. The van der Waals surface area contributed by atoms with Crippen molar-refractivity contribution in [3.05, 3.63) is 12.2 Å². The second-order valence-electron chi connectivity index (χ2n) is 1.89. The maximum absolute atomic E-state index is 8.23. The minimum atomic E-state index is 0. The van der Waals surface area contributed by atoms with Gasteiger partial charge in [0.1, 0.15) is 0 Å². The van der Waals surface area contributed by atoms with E-state index in [0.29, 0.717) is 0 Å². The zero-order valence-electron chi connectivity index (χ0n) is 5.17. The molecule has 0 radical (unpaired) electrons. The monoisotopic (exact) mass is 129 g/mol. The molecule has 3 nitrogen and oxygen atoms in total. The Morgan fingerprint density at radius 1 is 1.56 bits per heavy atom. The zero-order chi connectivity index (χ0) is 5.82. The van der Waals surface area contributed by atoms with Crippen molar-refractivity contribution in [2.24, 2.45) is 5.16 Å². The molecule has 0 atom stereocenters. The topological polar surface area (TPSA) is 64.1 Å². The Kier molecular flexibility index (Phi) is 3.71. The minimum absolute atomic E-state index is 0. The lowest BCUT2D eigenvalue weighted by atomic mass is 10.1. The molecule has 0 aromatic heterocycles. The molecule has 0 aromatic carbocycles. The van der Waals surface area contributed by atoms with Crippen molar-refractivity contribution in [3.8, 4) is 0 Å². The Labute approximate surface area is 54.0 Å². The van der Waals surface area contributed by atoms with Gasteiger partial charge in [0.2, 0.25) is 0 Å². The van der Waals surface area contributed by atoms with Gasteiger partial charge in [0.15, 0.2) is 0 Å². The summed E-state index contributed by atoms with van der Waals surface area (Å²) in [7, 11) is 0. The van der Waals surface area contributed by atoms with Crippen LogP contribution in [0.3, 0.4) is 0 Å². The SMILES string of the molecule is O.O/N=C1/C=CCCC1. The summed E-state index contributed by atoms with van der Waals surface area (Å²) < 4.78 is 0. The van der Waals surface area contributed by atoms with E-state index in [-0.39, 0.29) is 5.48 Å². The summed E-state index contributed by atoms with van der Waals surface area (Å²) in [6.07, 6.45) is 7.06. The third kappa shape index (κ3) is 2.28. The summed E-state index contributed by atoms with van der Waals surface area (Å²) in [6.45, 7) is 0. The second kappa shape index (κ2) is 4.09. The molecule has 3 heteroatoms. The van der Waals surface area contributed by atoms with Crippen LogP contribution >= 0.6 is 0 Å². The lowest BCUT2D eigenvalue weighted by Crippen LogP contribution is -1.97. The van der Waals surface area contributed by atoms with Crippen LogP contribution < -0.4 is 0 Å². The Hall–Kier alpha value is -0.830. The standard InChI is InChI=1S/C6H9NO.H2O/c8-7-6-4-2-1-3-5-6;/h2,4,8H,1,3,5H2;1H2/b7-6-;. The van der Waals surface area contributed by atoms with E-state index in [4.69, 9.17) is 5.21 Å². The van der Waals surface area contributed by atoms with E-state index in [1.54, 1.807) is 0 Å². The molecule has 0 fully saturated rings. The third-order valence-corrected chi connectivity index (χ3v) is 1.24. The number of hydrogen-bond acceptors (Lipinski definition) is 2. The maximum Gasteiger partial charge on any atom is 0.0792 e. The summed E-state index contributed by atoms with van der Waals surface area (Å²) in [5.74, 6) is 0. The minimum Gasteiger partial charge on any atom is -0.412 e. The highest BCUT2D eigenvalue weighted by Crippen LogP contribution is 2.06. The smallest absolute Gasteiger partial charge is 0.0792 e. The average Bonchev–Trinajstić information content (AvgIpc) is 1.90. The number of oxime groups is 1. The second-order valence-corrected chi connectivity index (χ2v) is 1.89. The molecule has 0 amide bonds. The number of allylic oxidation sites excluding steroid dienone is 2. The van der Waals surface area contributed by atoms with E-state index in [0.717, 1.165) is 25.0 Å². The van der Waals surface area contributed by atoms with Crippen LogP contribution in [-0.4, -0.2) is 16.4 Å². The third-order valence-electron chi connectivity index (χ3n) is 1.24. The van der Waals surface area contributed by atoms with Gasteiger partial charge in [0, 0.05) is 0 Å². The van der Waals surface area contributed by atoms with Crippen molar-refractivity contribution in [3.63, 3.8) is 0 Å². The molecule has 9 heavy (non-hydrogen) atoms. The van der Waals surface area contributed by atoms with Crippen LogP contribution in [0.1, 0.15) is 19.3 Å². The molecule has 52 valence electrons. The van der Waals surface area contributed by atoms with Gasteiger partial charge in [-0.3, -0.25) is 0 Å². The fourth-order valence-corrected chi connectivity index (χ4v) is 0.787. The molecule has 1 aliphatic rings. The molecule has 3 N–H and O–H groups in total.